The van der Waals surface area contributed by atoms with Crippen molar-refractivity contribution in [1.29, 1.82) is 0 Å². The SMILES string of the molecule is CCCNC(c1ccc(C2CCC2)cc1)c1ccnnc1. The summed E-state index contributed by atoms with van der Waals surface area (Å²) in [7, 11) is 0. The monoisotopic (exact) mass is 281 g/mol. The van der Waals surface area contributed by atoms with E-state index in [1.165, 1.54) is 36.0 Å². The van der Waals surface area contributed by atoms with Gasteiger partial charge in [-0.3, -0.25) is 0 Å². The molecule has 0 bridgehead atoms. The first kappa shape index (κ1) is 14.2. The summed E-state index contributed by atoms with van der Waals surface area (Å²) in [5.74, 6) is 0.795. The third-order valence-electron chi connectivity index (χ3n) is 4.39. The van der Waals surface area contributed by atoms with Crippen LogP contribution in [0, 0.1) is 0 Å². The molecule has 1 atom stereocenters. The van der Waals surface area contributed by atoms with Crippen molar-refractivity contribution in [2.75, 3.05) is 6.54 Å². The average molecular weight is 281 g/mol. The highest BCUT2D eigenvalue weighted by molar-refractivity contribution is 5.33. The molecule has 3 rings (SSSR count). The zero-order valence-corrected chi connectivity index (χ0v) is 12.6. The fourth-order valence-electron chi connectivity index (χ4n) is 2.89. The summed E-state index contributed by atoms with van der Waals surface area (Å²) in [5, 5.41) is 11.5. The Bertz CT molecular complexity index is 546. The van der Waals surface area contributed by atoms with Crippen LogP contribution in [-0.4, -0.2) is 16.7 Å². The molecule has 1 N–H and O–H groups in total. The molecule has 0 spiro atoms. The Morgan fingerprint density at radius 2 is 1.90 bits per heavy atom. The van der Waals surface area contributed by atoms with Crippen LogP contribution in [0.1, 0.15) is 61.3 Å². The van der Waals surface area contributed by atoms with Gasteiger partial charge in [0, 0.05) is 6.20 Å². The number of nitrogens with zero attached hydrogens (tertiary/aromatic N) is 2. The molecule has 1 fully saturated rings. The summed E-state index contributed by atoms with van der Waals surface area (Å²) in [5.41, 5.74) is 3.97. The molecule has 1 aliphatic rings. The molecule has 1 aromatic carbocycles. The molecule has 1 saturated carbocycles. The Morgan fingerprint density at radius 3 is 2.48 bits per heavy atom. The van der Waals surface area contributed by atoms with Gasteiger partial charge in [0.2, 0.25) is 0 Å². The first-order valence-corrected chi connectivity index (χ1v) is 7.98. The molecule has 0 saturated heterocycles. The second-order valence-electron chi connectivity index (χ2n) is 5.86. The van der Waals surface area contributed by atoms with Gasteiger partial charge in [0.25, 0.3) is 0 Å². The van der Waals surface area contributed by atoms with Crippen LogP contribution >= 0.6 is 0 Å². The van der Waals surface area contributed by atoms with Crippen LogP contribution in [0.2, 0.25) is 0 Å². The van der Waals surface area contributed by atoms with Crippen molar-refractivity contribution < 1.29 is 0 Å². The maximum atomic E-state index is 4.02. The molecule has 1 heterocycles. The van der Waals surface area contributed by atoms with E-state index in [-0.39, 0.29) is 6.04 Å². The lowest BCUT2D eigenvalue weighted by Crippen LogP contribution is -2.23. The van der Waals surface area contributed by atoms with Crippen molar-refractivity contribution in [3.05, 3.63) is 59.4 Å². The van der Waals surface area contributed by atoms with Crippen LogP contribution < -0.4 is 5.32 Å². The largest absolute Gasteiger partial charge is 0.306 e. The number of aromatic nitrogens is 2. The smallest absolute Gasteiger partial charge is 0.0593 e. The predicted molar refractivity (Wildman–Crippen MR) is 85.2 cm³/mol. The molecule has 0 aliphatic heterocycles. The van der Waals surface area contributed by atoms with Crippen molar-refractivity contribution in [3.63, 3.8) is 0 Å². The summed E-state index contributed by atoms with van der Waals surface area (Å²) >= 11 is 0. The molecular weight excluding hydrogens is 258 g/mol. The molecule has 1 aromatic heterocycles. The van der Waals surface area contributed by atoms with Gasteiger partial charge in [-0.15, -0.1) is 0 Å². The zero-order chi connectivity index (χ0) is 14.5. The highest BCUT2D eigenvalue weighted by atomic mass is 15.1. The van der Waals surface area contributed by atoms with Gasteiger partial charge in [-0.25, -0.2) is 0 Å². The molecule has 110 valence electrons. The van der Waals surface area contributed by atoms with Crippen molar-refractivity contribution in [1.82, 2.24) is 15.5 Å². The highest BCUT2D eigenvalue weighted by Crippen LogP contribution is 2.36. The standard InChI is InChI=1S/C18H23N3/c1-2-11-19-18(17-10-12-20-21-13-17)16-8-6-15(7-9-16)14-4-3-5-14/h6-10,12-14,18-19H,2-5,11H2,1H3. The van der Waals surface area contributed by atoms with E-state index in [1.807, 2.05) is 12.3 Å². The second-order valence-corrected chi connectivity index (χ2v) is 5.86. The fourth-order valence-corrected chi connectivity index (χ4v) is 2.89. The number of nitrogens with one attached hydrogen (secondary N) is 1. The summed E-state index contributed by atoms with van der Waals surface area (Å²) in [6.45, 7) is 3.19. The van der Waals surface area contributed by atoms with Gasteiger partial charge in [0.15, 0.2) is 0 Å². The van der Waals surface area contributed by atoms with Gasteiger partial charge < -0.3 is 5.32 Å². The van der Waals surface area contributed by atoms with E-state index in [0.29, 0.717) is 0 Å². The minimum absolute atomic E-state index is 0.205. The molecule has 1 unspecified atom stereocenters. The quantitative estimate of drug-likeness (QED) is 0.874. The van der Waals surface area contributed by atoms with Crippen LogP contribution in [-0.2, 0) is 0 Å². The summed E-state index contributed by atoms with van der Waals surface area (Å²) in [6.07, 6.45) is 8.83. The van der Waals surface area contributed by atoms with Crippen LogP contribution in [0.3, 0.4) is 0 Å². The molecule has 0 amide bonds. The molecule has 0 radical (unpaired) electrons. The van der Waals surface area contributed by atoms with Crippen molar-refractivity contribution in [2.24, 2.45) is 0 Å². The topological polar surface area (TPSA) is 37.8 Å². The van der Waals surface area contributed by atoms with Crippen LogP contribution in [0.4, 0.5) is 0 Å². The number of rotatable bonds is 6. The fraction of sp³-hybridized carbons (Fsp3) is 0.444. The van der Waals surface area contributed by atoms with E-state index < -0.39 is 0 Å². The van der Waals surface area contributed by atoms with Gasteiger partial charge in [-0.2, -0.15) is 10.2 Å². The average Bonchev–Trinajstić information content (AvgIpc) is 2.49. The number of hydrogen-bond donors (Lipinski definition) is 1. The maximum absolute atomic E-state index is 4.02. The van der Waals surface area contributed by atoms with Gasteiger partial charge in [0.05, 0.1) is 12.2 Å². The van der Waals surface area contributed by atoms with Gasteiger partial charge in [-0.1, -0.05) is 37.6 Å². The molecule has 2 aromatic rings. The lowest BCUT2D eigenvalue weighted by molar-refractivity contribution is 0.419. The van der Waals surface area contributed by atoms with Crippen LogP contribution in [0.25, 0.3) is 0 Å². The maximum Gasteiger partial charge on any atom is 0.0593 e. The summed E-state index contributed by atoms with van der Waals surface area (Å²) in [4.78, 5) is 0. The number of benzene rings is 1. The third kappa shape index (κ3) is 3.30. The highest BCUT2D eigenvalue weighted by Gasteiger charge is 2.20. The van der Waals surface area contributed by atoms with E-state index in [0.717, 1.165) is 18.9 Å². The van der Waals surface area contributed by atoms with E-state index in [1.54, 1.807) is 6.20 Å². The van der Waals surface area contributed by atoms with Gasteiger partial charge in [-0.05, 0) is 54.5 Å². The normalized spacial score (nSPS) is 16.4. The Hall–Kier alpha value is -1.74. The van der Waals surface area contributed by atoms with E-state index >= 15 is 0 Å². The predicted octanol–water partition coefficient (Wildman–Crippen LogP) is 3.83. The molecule has 1 aliphatic carbocycles. The molecule has 21 heavy (non-hydrogen) atoms. The third-order valence-corrected chi connectivity index (χ3v) is 4.39. The Balaban J connectivity index is 1.81. The van der Waals surface area contributed by atoms with Gasteiger partial charge >= 0.3 is 0 Å². The van der Waals surface area contributed by atoms with Crippen LogP contribution in [0.5, 0.6) is 0 Å². The first-order valence-electron chi connectivity index (χ1n) is 7.98. The number of hydrogen-bond acceptors (Lipinski definition) is 3. The summed E-state index contributed by atoms with van der Waals surface area (Å²) in [6, 6.07) is 11.4. The van der Waals surface area contributed by atoms with Gasteiger partial charge in [0.1, 0.15) is 0 Å². The van der Waals surface area contributed by atoms with Crippen molar-refractivity contribution in [3.8, 4) is 0 Å². The molecular formula is C18H23N3. The second kappa shape index (κ2) is 6.81. The minimum Gasteiger partial charge on any atom is -0.306 e. The first-order chi connectivity index (χ1) is 10.4. The Morgan fingerprint density at radius 1 is 1.10 bits per heavy atom. The summed E-state index contributed by atoms with van der Waals surface area (Å²) < 4.78 is 0. The lowest BCUT2D eigenvalue weighted by atomic mass is 9.79. The van der Waals surface area contributed by atoms with Crippen LogP contribution in [0.15, 0.2) is 42.7 Å². The lowest BCUT2D eigenvalue weighted by Gasteiger charge is -2.26. The zero-order valence-electron chi connectivity index (χ0n) is 12.6. The van der Waals surface area contributed by atoms with Crippen molar-refractivity contribution >= 4 is 0 Å². The molecule has 3 heteroatoms. The molecule has 3 nitrogen and oxygen atoms in total. The Kier molecular flexibility index (Phi) is 4.61. The van der Waals surface area contributed by atoms with Crippen molar-refractivity contribution in [2.45, 2.75) is 44.6 Å². The van der Waals surface area contributed by atoms with E-state index in [4.69, 9.17) is 0 Å². The Labute approximate surface area is 126 Å². The van der Waals surface area contributed by atoms with E-state index in [2.05, 4.69) is 46.7 Å². The van der Waals surface area contributed by atoms with E-state index in [9.17, 15) is 0 Å². The minimum atomic E-state index is 0.205.